The molecule has 1 unspecified atom stereocenters. The lowest BCUT2D eigenvalue weighted by molar-refractivity contribution is -0.141. The summed E-state index contributed by atoms with van der Waals surface area (Å²) in [4.78, 5) is 11.9. The molecule has 0 N–H and O–H groups in total. The Balaban J connectivity index is 3.28. The van der Waals surface area contributed by atoms with Crippen molar-refractivity contribution >= 4 is 27.4 Å². The van der Waals surface area contributed by atoms with Gasteiger partial charge in [-0.2, -0.15) is 26.3 Å². The van der Waals surface area contributed by atoms with E-state index in [9.17, 15) is 39.6 Å². The molecule has 0 fully saturated rings. The normalized spacial score (nSPS) is 15.4. The lowest BCUT2D eigenvalue weighted by Gasteiger charge is -2.25. The summed E-state index contributed by atoms with van der Waals surface area (Å²) in [6, 6.07) is 3.28. The summed E-state index contributed by atoms with van der Waals surface area (Å²) in [6.07, 6.45) is -12.3. The van der Waals surface area contributed by atoms with Crippen LogP contribution in [-0.2, 0) is 32.0 Å². The van der Waals surface area contributed by atoms with Crippen molar-refractivity contribution in [3.63, 3.8) is 0 Å². The summed E-state index contributed by atoms with van der Waals surface area (Å²) in [7, 11) is -4.17. The molecule has 0 amide bonds. The molecule has 0 aliphatic heterocycles. The van der Waals surface area contributed by atoms with Crippen molar-refractivity contribution in [2.24, 2.45) is 0 Å². The highest BCUT2D eigenvalue weighted by Gasteiger charge is 2.51. The first kappa shape index (κ1) is 22.6. The summed E-state index contributed by atoms with van der Waals surface area (Å²) in [5, 5.41) is 0. The molecular weight excluding hydrogens is 414 g/mol. The van der Waals surface area contributed by atoms with Gasteiger partial charge in [0.05, 0.1) is 24.8 Å². The van der Waals surface area contributed by atoms with Crippen molar-refractivity contribution in [1.29, 1.82) is 0 Å². The van der Waals surface area contributed by atoms with Crippen LogP contribution >= 0.6 is 11.6 Å². The van der Waals surface area contributed by atoms with Gasteiger partial charge in [0.1, 0.15) is 0 Å². The molecule has 0 aliphatic rings. The molecule has 0 aliphatic carbocycles. The third-order valence-corrected chi connectivity index (χ3v) is 6.35. The van der Waals surface area contributed by atoms with E-state index in [1.807, 2.05) is 0 Å². The SMILES string of the molecule is COC(=O)C(Cl)(Cc1cccc(C(F)(F)F)c1)S(=O)(=O)CCC(F)(F)F. The minimum Gasteiger partial charge on any atom is -0.467 e. The molecule has 12 heteroatoms. The van der Waals surface area contributed by atoms with Crippen LogP contribution < -0.4 is 0 Å². The summed E-state index contributed by atoms with van der Waals surface area (Å²) in [5.41, 5.74) is -1.44. The van der Waals surface area contributed by atoms with Gasteiger partial charge in [-0.15, -0.1) is 0 Å². The van der Waals surface area contributed by atoms with Crippen molar-refractivity contribution < 1.29 is 44.3 Å². The fourth-order valence-electron chi connectivity index (χ4n) is 1.99. The van der Waals surface area contributed by atoms with E-state index in [1.165, 1.54) is 0 Å². The third kappa shape index (κ3) is 5.50. The average molecular weight is 427 g/mol. The predicted octanol–water partition coefficient (Wildman–Crippen LogP) is 3.72. The first-order valence-corrected chi connectivity index (χ1v) is 8.88. The zero-order valence-corrected chi connectivity index (χ0v) is 14.7. The minimum absolute atomic E-state index is 0.309. The first-order chi connectivity index (χ1) is 11.6. The van der Waals surface area contributed by atoms with Gasteiger partial charge in [0.25, 0.3) is 0 Å². The van der Waals surface area contributed by atoms with E-state index >= 15 is 0 Å². The highest BCUT2D eigenvalue weighted by Crippen LogP contribution is 2.35. The number of benzene rings is 1. The smallest absolute Gasteiger partial charge is 0.416 e. The Morgan fingerprint density at radius 3 is 2.19 bits per heavy atom. The van der Waals surface area contributed by atoms with E-state index in [-0.39, 0.29) is 5.56 Å². The number of alkyl halides is 7. The Labute approximate surface area is 150 Å². The van der Waals surface area contributed by atoms with Crippen LogP contribution in [0.4, 0.5) is 26.3 Å². The Morgan fingerprint density at radius 1 is 1.15 bits per heavy atom. The van der Waals surface area contributed by atoms with Gasteiger partial charge in [0.2, 0.25) is 4.21 Å². The molecule has 1 aromatic carbocycles. The van der Waals surface area contributed by atoms with E-state index in [1.54, 1.807) is 0 Å². The quantitative estimate of drug-likeness (QED) is 0.395. The molecule has 26 heavy (non-hydrogen) atoms. The lowest BCUT2D eigenvalue weighted by atomic mass is 10.1. The maximum Gasteiger partial charge on any atom is 0.416 e. The number of sulfone groups is 1. The summed E-state index contributed by atoms with van der Waals surface area (Å²) >= 11 is 5.80. The Hall–Kier alpha value is -1.49. The molecule has 0 aromatic heterocycles. The van der Waals surface area contributed by atoms with Crippen molar-refractivity contribution in [3.05, 3.63) is 35.4 Å². The van der Waals surface area contributed by atoms with Gasteiger partial charge >= 0.3 is 18.3 Å². The molecule has 0 saturated heterocycles. The van der Waals surface area contributed by atoms with Crippen molar-refractivity contribution in [1.82, 2.24) is 0 Å². The maximum atomic E-state index is 12.7. The number of esters is 1. The first-order valence-electron chi connectivity index (χ1n) is 6.85. The summed E-state index contributed by atoms with van der Waals surface area (Å²) < 4.78 is 101. The monoisotopic (exact) mass is 426 g/mol. The highest BCUT2D eigenvalue weighted by atomic mass is 35.5. The minimum atomic E-state index is -4.92. The lowest BCUT2D eigenvalue weighted by Crippen LogP contribution is -2.46. The van der Waals surface area contributed by atoms with Gasteiger partial charge < -0.3 is 4.74 Å². The maximum absolute atomic E-state index is 12.7. The molecule has 1 atom stereocenters. The van der Waals surface area contributed by atoms with Crippen LogP contribution in [0, 0.1) is 0 Å². The van der Waals surface area contributed by atoms with E-state index < -0.39 is 56.5 Å². The van der Waals surface area contributed by atoms with Gasteiger partial charge in [-0.3, -0.25) is 0 Å². The second kappa shape index (κ2) is 7.63. The Kier molecular flexibility index (Phi) is 6.62. The third-order valence-electron chi connectivity index (χ3n) is 3.32. The molecule has 1 rings (SSSR count). The number of rotatable bonds is 6. The Bertz CT molecular complexity index is 759. The van der Waals surface area contributed by atoms with E-state index in [0.717, 1.165) is 19.2 Å². The number of carbonyl (C=O) groups excluding carboxylic acids is 1. The number of halogens is 7. The second-order valence-electron chi connectivity index (χ2n) is 5.28. The van der Waals surface area contributed by atoms with Crippen LogP contribution in [0.1, 0.15) is 17.5 Å². The highest BCUT2D eigenvalue weighted by molar-refractivity contribution is 7.95. The van der Waals surface area contributed by atoms with Crippen LogP contribution in [0.5, 0.6) is 0 Å². The van der Waals surface area contributed by atoms with Gasteiger partial charge in [0, 0.05) is 6.42 Å². The summed E-state index contributed by atoms with van der Waals surface area (Å²) in [5.74, 6) is -3.10. The number of ether oxygens (including phenoxy) is 1. The van der Waals surface area contributed by atoms with E-state index in [0.29, 0.717) is 12.1 Å². The number of hydrogen-bond donors (Lipinski definition) is 0. The van der Waals surface area contributed by atoms with Gasteiger partial charge in [-0.25, -0.2) is 13.2 Å². The molecule has 4 nitrogen and oxygen atoms in total. The standard InChI is InChI=1S/C14H13ClF6O4S/c1-25-11(22)12(15,26(23,24)6-5-13(16,17)18)8-9-3-2-4-10(7-9)14(19,20)21/h2-4,7H,5-6,8H2,1H3. The average Bonchev–Trinajstić information content (AvgIpc) is 2.50. The van der Waals surface area contributed by atoms with Gasteiger partial charge in [-0.05, 0) is 11.6 Å². The van der Waals surface area contributed by atoms with E-state index in [2.05, 4.69) is 4.74 Å². The molecule has 1 aromatic rings. The van der Waals surface area contributed by atoms with Gasteiger partial charge in [-0.1, -0.05) is 29.8 Å². The largest absolute Gasteiger partial charge is 0.467 e. The molecule has 0 radical (unpaired) electrons. The molecular formula is C14H13ClF6O4S. The van der Waals surface area contributed by atoms with E-state index in [4.69, 9.17) is 11.6 Å². The zero-order valence-electron chi connectivity index (χ0n) is 13.1. The zero-order chi connectivity index (χ0) is 20.4. The predicted molar refractivity (Wildman–Crippen MR) is 80.2 cm³/mol. The van der Waals surface area contributed by atoms with Crippen molar-refractivity contribution in [3.8, 4) is 0 Å². The number of methoxy groups -OCH3 is 1. The van der Waals surface area contributed by atoms with Crippen LogP contribution in [0.15, 0.2) is 24.3 Å². The molecule has 0 saturated carbocycles. The fraction of sp³-hybridized carbons (Fsp3) is 0.500. The van der Waals surface area contributed by atoms with Crippen LogP contribution in [-0.4, -0.2) is 37.6 Å². The summed E-state index contributed by atoms with van der Waals surface area (Å²) in [6.45, 7) is 0. The topological polar surface area (TPSA) is 60.4 Å². The number of carbonyl (C=O) groups is 1. The van der Waals surface area contributed by atoms with Crippen molar-refractivity contribution in [2.75, 3.05) is 12.9 Å². The fourth-order valence-corrected chi connectivity index (χ4v) is 4.00. The van der Waals surface area contributed by atoms with Gasteiger partial charge in [0.15, 0.2) is 9.84 Å². The Morgan fingerprint density at radius 2 is 1.73 bits per heavy atom. The van der Waals surface area contributed by atoms with Crippen molar-refractivity contribution in [2.45, 2.75) is 29.4 Å². The molecule has 0 spiro atoms. The van der Waals surface area contributed by atoms with Crippen LogP contribution in [0.2, 0.25) is 0 Å². The molecule has 0 heterocycles. The number of hydrogen-bond acceptors (Lipinski definition) is 4. The van der Waals surface area contributed by atoms with Crippen LogP contribution in [0.3, 0.4) is 0 Å². The second-order valence-corrected chi connectivity index (χ2v) is 8.48. The molecule has 148 valence electrons. The molecule has 0 bridgehead atoms. The van der Waals surface area contributed by atoms with Crippen LogP contribution in [0.25, 0.3) is 0 Å².